The van der Waals surface area contributed by atoms with Crippen LogP contribution in [0.2, 0.25) is 0 Å². The highest BCUT2D eigenvalue weighted by Crippen LogP contribution is 2.07. The van der Waals surface area contributed by atoms with Crippen LogP contribution in [-0.2, 0) is 23.1 Å². The van der Waals surface area contributed by atoms with Gasteiger partial charge in [-0.15, -0.1) is 8.13 Å². The Balaban J connectivity index is 2.38. The lowest BCUT2D eigenvalue weighted by molar-refractivity contribution is 1.57. The van der Waals surface area contributed by atoms with Crippen molar-refractivity contribution in [3.63, 3.8) is 0 Å². The first kappa shape index (κ1) is 9.63. The van der Waals surface area contributed by atoms with Crippen LogP contribution in [0, 0.1) is 0 Å². The van der Waals surface area contributed by atoms with Crippen LogP contribution >= 0.6 is 12.1 Å². The van der Waals surface area contributed by atoms with Crippen LogP contribution in [0.1, 0.15) is 5.56 Å². The van der Waals surface area contributed by atoms with Crippen LogP contribution in [-0.4, -0.2) is 5.84 Å². The summed E-state index contributed by atoms with van der Waals surface area (Å²) >= 11 is 3.32. The van der Waals surface area contributed by atoms with E-state index in [4.69, 9.17) is 0 Å². The summed E-state index contributed by atoms with van der Waals surface area (Å²) in [6.45, 7) is 0. The Morgan fingerprint density at radius 1 is 1.14 bits per heavy atom. The van der Waals surface area contributed by atoms with Crippen LogP contribution in [0.15, 0.2) is 46.6 Å². The molecule has 0 aromatic heterocycles. The van der Waals surface area contributed by atoms with Crippen molar-refractivity contribution in [3.05, 3.63) is 35.9 Å². The van der Waals surface area contributed by atoms with Crippen molar-refractivity contribution in [2.75, 3.05) is 0 Å². The molecule has 70 valence electrons. The lowest BCUT2D eigenvalue weighted by Crippen LogP contribution is -1.95. The zero-order valence-electron chi connectivity index (χ0n) is 6.90. The van der Waals surface area contributed by atoms with E-state index in [1.165, 1.54) is 0 Å². The molecule has 1 aromatic carbocycles. The number of rotatable bonds is 1. The summed E-state index contributed by atoms with van der Waals surface area (Å²) in [5, 5.41) is 0. The monoisotopic (exact) mass is 241 g/mol. The fourth-order valence-corrected chi connectivity index (χ4v) is 2.22. The van der Waals surface area contributed by atoms with Gasteiger partial charge < -0.3 is 0 Å². The van der Waals surface area contributed by atoms with Gasteiger partial charge in [0.2, 0.25) is 5.84 Å². The molecule has 7 heteroatoms. The molecule has 2 rings (SSSR count). The average Bonchev–Trinajstić information content (AvgIpc) is 2.18. The summed E-state index contributed by atoms with van der Waals surface area (Å²) in [6, 6.07) is 9.77. The van der Waals surface area contributed by atoms with Crippen LogP contribution in [0.4, 0.5) is 0 Å². The van der Waals surface area contributed by atoms with Crippen LogP contribution in [0.3, 0.4) is 0 Å². The lowest BCUT2D eigenvalue weighted by atomic mass is 10.2. The molecule has 0 unspecified atom stereocenters. The van der Waals surface area contributed by atoms with Gasteiger partial charge in [0.25, 0.3) is 0 Å². The highest BCUT2D eigenvalue weighted by atomic mass is 32.2. The van der Waals surface area contributed by atoms with E-state index in [2.05, 4.69) is 16.3 Å². The van der Waals surface area contributed by atoms with Crippen molar-refractivity contribution >= 4 is 41.1 Å². The Kier molecular flexibility index (Phi) is 3.50. The molecule has 1 aliphatic heterocycles. The molecule has 1 heterocycles. The Morgan fingerprint density at radius 2 is 2.00 bits per heavy atom. The van der Waals surface area contributed by atoms with E-state index in [1.807, 2.05) is 30.3 Å². The van der Waals surface area contributed by atoms with E-state index in [-0.39, 0.29) is 0 Å². The van der Waals surface area contributed by atoms with E-state index in [0.29, 0.717) is 5.84 Å². The van der Waals surface area contributed by atoms with E-state index in [0.717, 1.165) is 40.8 Å². The van der Waals surface area contributed by atoms with Crippen molar-refractivity contribution in [1.82, 2.24) is 0 Å². The topological polar surface area (TPSA) is 49.4 Å². The number of benzene rings is 1. The van der Waals surface area contributed by atoms with Gasteiger partial charge in [-0.1, -0.05) is 30.3 Å². The fourth-order valence-electron chi connectivity index (χ4n) is 0.863. The Morgan fingerprint density at radius 3 is 2.86 bits per heavy atom. The molecule has 0 spiro atoms. The van der Waals surface area contributed by atoms with Crippen LogP contribution < -0.4 is 0 Å². The summed E-state index contributed by atoms with van der Waals surface area (Å²) in [4.78, 5) is 0. The maximum Gasteiger partial charge on any atom is 0.519 e. The van der Waals surface area contributed by atoms with Crippen LogP contribution in [0.25, 0.3) is 0 Å². The van der Waals surface area contributed by atoms with Gasteiger partial charge in [-0.25, -0.2) is 0 Å². The van der Waals surface area contributed by atoms with Crippen molar-refractivity contribution in [3.8, 4) is 0 Å². The molecule has 14 heavy (non-hydrogen) atoms. The minimum absolute atomic E-state index is 0.661. The summed E-state index contributed by atoms with van der Waals surface area (Å²) in [6.07, 6.45) is 0. The molecular weight excluding hydrogens is 236 g/mol. The molecule has 0 saturated carbocycles. The molecule has 0 fully saturated rings. The first-order chi connectivity index (χ1) is 6.97. The van der Waals surface area contributed by atoms with Crippen molar-refractivity contribution in [2.45, 2.75) is 0 Å². The predicted molar refractivity (Wildman–Crippen MR) is 62.6 cm³/mol. The minimum atomic E-state index is 0.661. The van der Waals surface area contributed by atoms with E-state index >= 15 is 0 Å². The molecular formula is C7H5N4S3+. The number of hydrogen-bond acceptors (Lipinski definition) is 5. The van der Waals surface area contributed by atoms with Crippen molar-refractivity contribution in [2.24, 2.45) is 16.3 Å². The third kappa shape index (κ3) is 2.53. The quantitative estimate of drug-likeness (QED) is 0.551. The average molecular weight is 241 g/mol. The zero-order chi connectivity index (χ0) is 9.64. The molecule has 0 amide bonds. The number of hydrogen-bond donors (Lipinski definition) is 0. The lowest BCUT2D eigenvalue weighted by Gasteiger charge is -1.92. The molecule has 1 aromatic rings. The van der Waals surface area contributed by atoms with Gasteiger partial charge in [-0.3, -0.25) is 0 Å². The number of amidine groups is 1. The summed E-state index contributed by atoms with van der Waals surface area (Å²) in [5.74, 6) is 0.661. The highest BCUT2D eigenvalue weighted by Gasteiger charge is 2.07. The molecule has 0 radical (unpaired) electrons. The van der Waals surface area contributed by atoms with Gasteiger partial charge >= 0.3 is 11.7 Å². The molecule has 0 N–H and O–H groups in total. The second-order valence-corrected chi connectivity index (χ2v) is 4.31. The van der Waals surface area contributed by atoms with Gasteiger partial charge in [0, 0.05) is 5.56 Å². The van der Waals surface area contributed by atoms with Crippen LogP contribution in [0.5, 0.6) is 0 Å². The highest BCUT2D eigenvalue weighted by molar-refractivity contribution is 8.03. The van der Waals surface area contributed by atoms with Crippen molar-refractivity contribution in [1.29, 1.82) is 0 Å². The molecule has 1 aliphatic rings. The third-order valence-electron chi connectivity index (χ3n) is 1.42. The summed E-state index contributed by atoms with van der Waals surface area (Å²) in [7, 11) is 0. The molecule has 0 saturated heterocycles. The molecule has 0 atom stereocenters. The standard InChI is InChI=1S/C7H5N4S3/c1-2-4-6(5-3-1)7-8-12-10-14-11-13-9-7/h1-5H/q+1/b8-7-. The van der Waals surface area contributed by atoms with Gasteiger partial charge in [0.15, 0.2) is 12.1 Å². The molecule has 0 bridgehead atoms. The SMILES string of the molecule is c1ccc(/C2=N/[S+]=NSN=S=N2)cc1. The van der Waals surface area contributed by atoms with Gasteiger partial charge in [0.1, 0.15) is 3.77 Å². The number of nitrogens with zero attached hydrogens (tertiary/aromatic N) is 4. The van der Waals surface area contributed by atoms with Gasteiger partial charge in [-0.2, -0.15) is 0 Å². The Bertz CT molecular complexity index is 434. The van der Waals surface area contributed by atoms with Crippen molar-refractivity contribution < 1.29 is 0 Å². The first-order valence-corrected chi connectivity index (χ1v) is 5.89. The second kappa shape index (κ2) is 5.08. The zero-order valence-corrected chi connectivity index (χ0v) is 9.35. The van der Waals surface area contributed by atoms with Gasteiger partial charge in [0.05, 0.1) is 15.8 Å². The Hall–Kier alpha value is -0.920. The largest absolute Gasteiger partial charge is 0.519 e. The van der Waals surface area contributed by atoms with E-state index < -0.39 is 0 Å². The third-order valence-corrected chi connectivity index (χ3v) is 3.00. The Labute approximate surface area is 93.3 Å². The first-order valence-electron chi connectivity index (χ1n) is 3.70. The summed E-state index contributed by atoms with van der Waals surface area (Å²) < 4.78 is 16.1. The maximum absolute atomic E-state index is 4.15. The maximum atomic E-state index is 4.15. The fraction of sp³-hybridized carbons (Fsp3) is 0. The van der Waals surface area contributed by atoms with Gasteiger partial charge in [-0.05, 0) is 0 Å². The van der Waals surface area contributed by atoms with E-state index in [9.17, 15) is 0 Å². The molecule has 0 aliphatic carbocycles. The minimum Gasteiger partial charge on any atom is -0.148 e. The normalized spacial score (nSPS) is 19.0. The predicted octanol–water partition coefficient (Wildman–Crippen LogP) is 2.64. The van der Waals surface area contributed by atoms with E-state index in [1.54, 1.807) is 0 Å². The molecule has 4 nitrogen and oxygen atoms in total. The smallest absolute Gasteiger partial charge is 0.148 e. The second-order valence-electron chi connectivity index (χ2n) is 2.27. The summed E-state index contributed by atoms with van der Waals surface area (Å²) in [5.41, 5.74) is 0.977.